The van der Waals surface area contributed by atoms with Crippen molar-refractivity contribution in [1.82, 2.24) is 15.1 Å². The zero-order valence-corrected chi connectivity index (χ0v) is 15.7. The molecule has 0 spiro atoms. The number of amides is 4. The van der Waals surface area contributed by atoms with E-state index in [9.17, 15) is 14.4 Å². The maximum Gasteiger partial charge on any atom is 0.325 e. The molecule has 2 heterocycles. The Morgan fingerprint density at radius 2 is 1.92 bits per heavy atom. The molecule has 1 aromatic carbocycles. The van der Waals surface area contributed by atoms with Crippen LogP contribution in [-0.2, 0) is 15.1 Å². The molecule has 2 atom stereocenters. The summed E-state index contributed by atoms with van der Waals surface area (Å²) in [7, 11) is 0. The molecular weight excluding hydrogens is 330 g/mol. The van der Waals surface area contributed by atoms with Gasteiger partial charge in [0, 0.05) is 12.6 Å². The topological polar surface area (TPSA) is 69.7 Å². The first-order chi connectivity index (χ1) is 12.4. The third-order valence-electron chi connectivity index (χ3n) is 5.62. The van der Waals surface area contributed by atoms with E-state index in [-0.39, 0.29) is 24.4 Å². The van der Waals surface area contributed by atoms with E-state index in [4.69, 9.17) is 0 Å². The molecule has 4 amide bonds. The lowest BCUT2D eigenvalue weighted by Gasteiger charge is -2.36. The molecule has 3 rings (SSSR count). The smallest absolute Gasteiger partial charge is 0.325 e. The van der Waals surface area contributed by atoms with E-state index in [0.717, 1.165) is 41.7 Å². The van der Waals surface area contributed by atoms with Crippen LogP contribution in [0.1, 0.15) is 50.7 Å². The second-order valence-corrected chi connectivity index (χ2v) is 7.46. The van der Waals surface area contributed by atoms with Crippen molar-refractivity contribution in [2.45, 2.75) is 58.0 Å². The molecule has 0 unspecified atom stereocenters. The van der Waals surface area contributed by atoms with Crippen LogP contribution in [0.3, 0.4) is 0 Å². The van der Waals surface area contributed by atoms with Crippen molar-refractivity contribution in [1.29, 1.82) is 0 Å². The summed E-state index contributed by atoms with van der Waals surface area (Å²) in [6.45, 7) is 6.24. The standard InChI is InChI=1S/C20H27N3O3/c1-4-16-7-5-6-12-22(16)17(24)13-23-18(25)20(3,21-19(23)26)15-10-8-14(2)9-11-15/h8-11,16H,4-7,12-13H2,1-3H3,(H,21,26)/t16-,20-/m0/s1. The molecule has 0 aromatic heterocycles. The Balaban J connectivity index is 1.76. The highest BCUT2D eigenvalue weighted by atomic mass is 16.2. The van der Waals surface area contributed by atoms with Gasteiger partial charge in [-0.2, -0.15) is 0 Å². The van der Waals surface area contributed by atoms with Crippen molar-refractivity contribution in [2.75, 3.05) is 13.1 Å². The van der Waals surface area contributed by atoms with Gasteiger partial charge in [-0.3, -0.25) is 14.5 Å². The maximum absolute atomic E-state index is 13.0. The summed E-state index contributed by atoms with van der Waals surface area (Å²) in [5, 5.41) is 2.77. The van der Waals surface area contributed by atoms with E-state index in [1.165, 1.54) is 0 Å². The number of urea groups is 1. The van der Waals surface area contributed by atoms with Gasteiger partial charge in [-0.15, -0.1) is 0 Å². The minimum Gasteiger partial charge on any atom is -0.338 e. The predicted octanol–water partition coefficient (Wildman–Crippen LogP) is 2.55. The zero-order valence-electron chi connectivity index (χ0n) is 15.7. The number of piperidine rings is 1. The molecule has 6 heteroatoms. The highest BCUT2D eigenvalue weighted by Crippen LogP contribution is 2.29. The van der Waals surface area contributed by atoms with E-state index in [1.54, 1.807) is 6.92 Å². The molecule has 140 valence electrons. The number of nitrogens with one attached hydrogen (secondary N) is 1. The van der Waals surface area contributed by atoms with Crippen LogP contribution in [0.25, 0.3) is 0 Å². The van der Waals surface area contributed by atoms with Crippen LogP contribution >= 0.6 is 0 Å². The summed E-state index contributed by atoms with van der Waals surface area (Å²) in [5.41, 5.74) is 0.676. The van der Waals surface area contributed by atoms with Crippen molar-refractivity contribution in [3.63, 3.8) is 0 Å². The number of imide groups is 1. The Bertz CT molecular complexity index is 716. The molecule has 2 aliphatic rings. The van der Waals surface area contributed by atoms with E-state index >= 15 is 0 Å². The van der Waals surface area contributed by atoms with Crippen LogP contribution in [0.2, 0.25) is 0 Å². The molecule has 0 saturated carbocycles. The first-order valence-electron chi connectivity index (χ1n) is 9.37. The lowest BCUT2D eigenvalue weighted by Crippen LogP contribution is -2.49. The van der Waals surface area contributed by atoms with Crippen LogP contribution in [0.15, 0.2) is 24.3 Å². The van der Waals surface area contributed by atoms with Crippen molar-refractivity contribution >= 4 is 17.8 Å². The molecule has 26 heavy (non-hydrogen) atoms. The molecule has 1 N–H and O–H groups in total. The fourth-order valence-corrected chi connectivity index (χ4v) is 3.90. The first-order valence-corrected chi connectivity index (χ1v) is 9.37. The maximum atomic E-state index is 13.0. The summed E-state index contributed by atoms with van der Waals surface area (Å²) in [6, 6.07) is 7.21. The van der Waals surface area contributed by atoms with Crippen LogP contribution in [0.4, 0.5) is 4.79 Å². The fourth-order valence-electron chi connectivity index (χ4n) is 3.90. The molecule has 1 aromatic rings. The number of carbonyl (C=O) groups is 3. The van der Waals surface area contributed by atoms with Crippen molar-refractivity contribution in [2.24, 2.45) is 0 Å². The van der Waals surface area contributed by atoms with Gasteiger partial charge in [0.25, 0.3) is 5.91 Å². The van der Waals surface area contributed by atoms with Gasteiger partial charge in [0.2, 0.25) is 5.91 Å². The van der Waals surface area contributed by atoms with E-state index in [1.807, 2.05) is 36.1 Å². The highest BCUT2D eigenvalue weighted by molar-refractivity contribution is 6.09. The number of hydrogen-bond acceptors (Lipinski definition) is 3. The minimum absolute atomic E-state index is 0.145. The average Bonchev–Trinajstić information content (AvgIpc) is 2.86. The van der Waals surface area contributed by atoms with Gasteiger partial charge in [-0.25, -0.2) is 4.79 Å². The fraction of sp³-hybridized carbons (Fsp3) is 0.550. The molecule has 2 fully saturated rings. The van der Waals surface area contributed by atoms with Crippen molar-refractivity contribution in [3.05, 3.63) is 35.4 Å². The van der Waals surface area contributed by atoms with Gasteiger partial charge in [0.05, 0.1) is 0 Å². The number of likely N-dealkylation sites (tertiary alicyclic amines) is 1. The number of rotatable bonds is 4. The van der Waals surface area contributed by atoms with Crippen LogP contribution < -0.4 is 5.32 Å². The molecule has 6 nitrogen and oxygen atoms in total. The highest BCUT2D eigenvalue weighted by Gasteiger charge is 2.49. The lowest BCUT2D eigenvalue weighted by molar-refractivity contribution is -0.141. The van der Waals surface area contributed by atoms with Crippen molar-refractivity contribution < 1.29 is 14.4 Å². The molecule has 2 saturated heterocycles. The molecule has 0 bridgehead atoms. The average molecular weight is 357 g/mol. The zero-order chi connectivity index (χ0) is 18.9. The lowest BCUT2D eigenvalue weighted by atomic mass is 9.91. The SMILES string of the molecule is CC[C@H]1CCCCN1C(=O)CN1C(=O)N[C@@](C)(c2ccc(C)cc2)C1=O. The Morgan fingerprint density at radius 3 is 2.58 bits per heavy atom. The van der Waals surface area contributed by atoms with Crippen molar-refractivity contribution in [3.8, 4) is 0 Å². The van der Waals surface area contributed by atoms with Crippen LogP contribution in [0, 0.1) is 6.92 Å². The third kappa shape index (κ3) is 3.20. The normalized spacial score (nSPS) is 26.2. The van der Waals surface area contributed by atoms with E-state index < -0.39 is 11.6 Å². The second-order valence-electron chi connectivity index (χ2n) is 7.46. The Kier molecular flexibility index (Phi) is 5.03. The van der Waals surface area contributed by atoms with Gasteiger partial charge < -0.3 is 10.2 Å². The largest absolute Gasteiger partial charge is 0.338 e. The number of benzene rings is 1. The second kappa shape index (κ2) is 7.09. The van der Waals surface area contributed by atoms with Gasteiger partial charge in [0.1, 0.15) is 12.1 Å². The molecular formula is C20H27N3O3. The summed E-state index contributed by atoms with van der Waals surface area (Å²) in [4.78, 5) is 41.1. The minimum atomic E-state index is -1.13. The van der Waals surface area contributed by atoms with Gasteiger partial charge >= 0.3 is 6.03 Å². The summed E-state index contributed by atoms with van der Waals surface area (Å²) in [5.74, 6) is -0.516. The molecule has 2 aliphatic heterocycles. The monoisotopic (exact) mass is 357 g/mol. The summed E-state index contributed by atoms with van der Waals surface area (Å²) < 4.78 is 0. The number of hydrogen-bond donors (Lipinski definition) is 1. The molecule has 0 radical (unpaired) electrons. The predicted molar refractivity (Wildman–Crippen MR) is 98.4 cm³/mol. The number of carbonyl (C=O) groups excluding carboxylic acids is 3. The van der Waals surface area contributed by atoms with Gasteiger partial charge in [-0.1, -0.05) is 36.8 Å². The quantitative estimate of drug-likeness (QED) is 0.842. The van der Waals surface area contributed by atoms with Crippen LogP contribution in [-0.4, -0.2) is 46.8 Å². The summed E-state index contributed by atoms with van der Waals surface area (Å²) >= 11 is 0. The Labute approximate surface area is 154 Å². The Hall–Kier alpha value is -2.37. The van der Waals surface area contributed by atoms with Gasteiger partial charge in [-0.05, 0) is 45.1 Å². The number of nitrogens with zero attached hydrogens (tertiary/aromatic N) is 2. The van der Waals surface area contributed by atoms with E-state index in [0.29, 0.717) is 6.54 Å². The Morgan fingerprint density at radius 1 is 1.23 bits per heavy atom. The third-order valence-corrected chi connectivity index (χ3v) is 5.62. The van der Waals surface area contributed by atoms with Gasteiger partial charge in [0.15, 0.2) is 0 Å². The summed E-state index contributed by atoms with van der Waals surface area (Å²) in [6.07, 6.45) is 3.98. The van der Waals surface area contributed by atoms with Crippen LogP contribution in [0.5, 0.6) is 0 Å². The first kappa shape index (κ1) is 18.4. The van der Waals surface area contributed by atoms with E-state index in [2.05, 4.69) is 12.2 Å². The number of aryl methyl sites for hydroxylation is 1. The molecule has 0 aliphatic carbocycles.